The number of amides is 1. The topological polar surface area (TPSA) is 59.2 Å². The maximum absolute atomic E-state index is 12.2. The van der Waals surface area contributed by atoms with Gasteiger partial charge in [0.05, 0.1) is 6.54 Å². The van der Waals surface area contributed by atoms with Crippen LogP contribution in [0.2, 0.25) is 0 Å². The summed E-state index contributed by atoms with van der Waals surface area (Å²) in [6.07, 6.45) is 0.323. The maximum Gasteiger partial charge on any atom is 0.255 e. The first-order valence-electron chi connectivity index (χ1n) is 4.82. The first-order chi connectivity index (χ1) is 7.65. The number of carbonyl (C=O) groups excluding carboxylic acids is 1. The lowest BCUT2D eigenvalue weighted by molar-refractivity contribution is 0.0563. The van der Waals surface area contributed by atoms with Crippen molar-refractivity contribution in [2.24, 2.45) is 5.73 Å². The number of hydrogen-bond donors (Lipinski definition) is 1. The van der Waals surface area contributed by atoms with Crippen LogP contribution in [0.15, 0.2) is 24.5 Å². The molecule has 1 heterocycles. The molecule has 0 fully saturated rings. The number of nitrogens with two attached hydrogens (primary N) is 1. The molecule has 0 bridgehead atoms. The minimum atomic E-state index is -2.56. The summed E-state index contributed by atoms with van der Waals surface area (Å²) in [5.41, 5.74) is 5.61. The summed E-state index contributed by atoms with van der Waals surface area (Å²) < 4.78 is 24.5. The molecule has 88 valence electrons. The quantitative estimate of drug-likeness (QED) is 0.810. The minimum Gasteiger partial charge on any atom is -0.332 e. The number of pyridine rings is 1. The van der Waals surface area contributed by atoms with Crippen molar-refractivity contribution < 1.29 is 13.6 Å². The second kappa shape index (κ2) is 6.12. The smallest absolute Gasteiger partial charge is 0.255 e. The summed E-state index contributed by atoms with van der Waals surface area (Å²) >= 11 is 0. The number of aromatic nitrogens is 1. The van der Waals surface area contributed by atoms with Gasteiger partial charge in [-0.15, -0.1) is 0 Å². The van der Waals surface area contributed by atoms with E-state index in [9.17, 15) is 13.6 Å². The monoisotopic (exact) mass is 229 g/mol. The molecule has 4 nitrogen and oxygen atoms in total. The number of alkyl halides is 2. The van der Waals surface area contributed by atoms with Crippen LogP contribution in [0.3, 0.4) is 0 Å². The molecule has 0 saturated carbocycles. The van der Waals surface area contributed by atoms with Crippen LogP contribution < -0.4 is 5.73 Å². The molecular weight excluding hydrogens is 216 g/mol. The average molecular weight is 229 g/mol. The highest BCUT2D eigenvalue weighted by atomic mass is 19.3. The van der Waals surface area contributed by atoms with E-state index >= 15 is 0 Å². The van der Waals surface area contributed by atoms with E-state index in [4.69, 9.17) is 5.73 Å². The first-order valence-corrected chi connectivity index (χ1v) is 4.82. The van der Waals surface area contributed by atoms with Crippen molar-refractivity contribution in [2.45, 2.75) is 6.43 Å². The Hall–Kier alpha value is -1.56. The molecule has 0 atom stereocenters. The van der Waals surface area contributed by atoms with Gasteiger partial charge < -0.3 is 10.6 Å². The molecule has 1 aromatic rings. The molecule has 0 aliphatic heterocycles. The van der Waals surface area contributed by atoms with Gasteiger partial charge in [0.25, 0.3) is 12.3 Å². The highest BCUT2D eigenvalue weighted by molar-refractivity contribution is 5.94. The molecule has 0 spiro atoms. The third-order valence-corrected chi connectivity index (χ3v) is 1.97. The number of carbonyl (C=O) groups is 1. The predicted molar refractivity (Wildman–Crippen MR) is 55.2 cm³/mol. The summed E-state index contributed by atoms with van der Waals surface area (Å²) in [6, 6.07) is 2.97. The van der Waals surface area contributed by atoms with Crippen molar-refractivity contribution in [3.05, 3.63) is 30.1 Å². The Morgan fingerprint density at radius 2 is 2.06 bits per heavy atom. The zero-order valence-corrected chi connectivity index (χ0v) is 8.64. The summed E-state index contributed by atoms with van der Waals surface area (Å²) in [7, 11) is 0. The van der Waals surface area contributed by atoms with E-state index in [0.717, 1.165) is 4.90 Å². The molecular formula is C10H13F2N3O. The number of nitrogens with zero attached hydrogens (tertiary/aromatic N) is 2. The van der Waals surface area contributed by atoms with Crippen molar-refractivity contribution in [3.63, 3.8) is 0 Å². The number of halogens is 2. The average Bonchev–Trinajstić information content (AvgIpc) is 2.28. The fourth-order valence-electron chi connectivity index (χ4n) is 1.28. The Labute approximate surface area is 92.1 Å². The summed E-state index contributed by atoms with van der Waals surface area (Å²) in [5.74, 6) is -0.451. The number of hydrogen-bond acceptors (Lipinski definition) is 3. The molecule has 2 N–H and O–H groups in total. The van der Waals surface area contributed by atoms with Crippen molar-refractivity contribution >= 4 is 5.91 Å². The van der Waals surface area contributed by atoms with Gasteiger partial charge in [0.1, 0.15) is 0 Å². The first kappa shape index (κ1) is 12.5. The lowest BCUT2D eigenvalue weighted by Gasteiger charge is -2.21. The lowest BCUT2D eigenvalue weighted by atomic mass is 10.2. The minimum absolute atomic E-state index is 0.117. The fraction of sp³-hybridized carbons (Fsp3) is 0.400. The Morgan fingerprint density at radius 1 is 1.44 bits per heavy atom. The second-order valence-electron chi connectivity index (χ2n) is 3.17. The molecule has 0 aromatic carbocycles. The molecule has 16 heavy (non-hydrogen) atoms. The lowest BCUT2D eigenvalue weighted by Crippen LogP contribution is -2.38. The van der Waals surface area contributed by atoms with Gasteiger partial charge in [0.2, 0.25) is 0 Å². The number of rotatable bonds is 5. The van der Waals surface area contributed by atoms with Crippen LogP contribution in [0.4, 0.5) is 8.78 Å². The standard InChI is InChI=1S/C10H13F2N3O/c11-9(12)7-15(6-3-13)10(16)8-1-4-14-5-2-8/h1-2,4-5,9H,3,6-7,13H2. The van der Waals surface area contributed by atoms with E-state index < -0.39 is 18.9 Å². The van der Waals surface area contributed by atoms with Gasteiger partial charge in [-0.05, 0) is 12.1 Å². The molecule has 0 aliphatic carbocycles. The van der Waals surface area contributed by atoms with Crippen molar-refractivity contribution in [1.82, 2.24) is 9.88 Å². The Morgan fingerprint density at radius 3 is 2.56 bits per heavy atom. The van der Waals surface area contributed by atoms with Crippen LogP contribution in [0.5, 0.6) is 0 Å². The third kappa shape index (κ3) is 3.54. The van der Waals surface area contributed by atoms with Gasteiger partial charge in [0, 0.05) is 31.0 Å². The van der Waals surface area contributed by atoms with Crippen LogP contribution in [0.25, 0.3) is 0 Å². The predicted octanol–water partition coefficient (Wildman–Crippen LogP) is 0.748. The summed E-state index contributed by atoms with van der Waals surface area (Å²) in [4.78, 5) is 16.6. The third-order valence-electron chi connectivity index (χ3n) is 1.97. The van der Waals surface area contributed by atoms with E-state index in [1.807, 2.05) is 0 Å². The van der Waals surface area contributed by atoms with Crippen molar-refractivity contribution in [1.29, 1.82) is 0 Å². The van der Waals surface area contributed by atoms with Crippen molar-refractivity contribution in [2.75, 3.05) is 19.6 Å². The van der Waals surface area contributed by atoms with Gasteiger partial charge in [0.15, 0.2) is 0 Å². The molecule has 0 radical (unpaired) electrons. The van der Waals surface area contributed by atoms with Gasteiger partial charge in [-0.3, -0.25) is 9.78 Å². The maximum atomic E-state index is 12.2. The summed E-state index contributed by atoms with van der Waals surface area (Å²) in [5, 5.41) is 0. The van der Waals surface area contributed by atoms with E-state index in [1.165, 1.54) is 24.5 Å². The van der Waals surface area contributed by atoms with Gasteiger partial charge in [-0.1, -0.05) is 0 Å². The second-order valence-corrected chi connectivity index (χ2v) is 3.17. The zero-order chi connectivity index (χ0) is 12.0. The van der Waals surface area contributed by atoms with Gasteiger partial charge in [-0.2, -0.15) is 0 Å². The van der Waals surface area contributed by atoms with Crippen LogP contribution in [-0.2, 0) is 0 Å². The van der Waals surface area contributed by atoms with Crippen LogP contribution >= 0.6 is 0 Å². The molecule has 0 saturated heterocycles. The van der Waals surface area contributed by atoms with E-state index in [0.29, 0.717) is 5.56 Å². The van der Waals surface area contributed by atoms with Crippen LogP contribution in [0.1, 0.15) is 10.4 Å². The Balaban J connectivity index is 2.74. The zero-order valence-electron chi connectivity index (χ0n) is 8.64. The summed E-state index contributed by atoms with van der Waals surface area (Å²) in [6.45, 7) is -0.326. The Kier molecular flexibility index (Phi) is 4.78. The SMILES string of the molecule is NCCN(CC(F)F)C(=O)c1ccncc1. The van der Waals surface area contributed by atoms with Crippen molar-refractivity contribution in [3.8, 4) is 0 Å². The highest BCUT2D eigenvalue weighted by Crippen LogP contribution is 2.05. The molecule has 1 aromatic heterocycles. The molecule has 6 heteroatoms. The molecule has 0 aliphatic rings. The molecule has 1 rings (SSSR count). The molecule has 0 unspecified atom stereocenters. The van der Waals surface area contributed by atoms with E-state index in [1.54, 1.807) is 0 Å². The largest absolute Gasteiger partial charge is 0.332 e. The van der Waals surface area contributed by atoms with Crippen LogP contribution in [0, 0.1) is 0 Å². The fourth-order valence-corrected chi connectivity index (χ4v) is 1.28. The Bertz CT molecular complexity index is 332. The van der Waals surface area contributed by atoms with E-state index in [2.05, 4.69) is 4.98 Å². The normalized spacial score (nSPS) is 10.5. The highest BCUT2D eigenvalue weighted by Gasteiger charge is 2.18. The molecule has 1 amide bonds. The van der Waals surface area contributed by atoms with E-state index in [-0.39, 0.29) is 13.1 Å². The van der Waals surface area contributed by atoms with Gasteiger partial charge in [-0.25, -0.2) is 8.78 Å². The van der Waals surface area contributed by atoms with Crippen LogP contribution in [-0.4, -0.2) is 41.9 Å². The van der Waals surface area contributed by atoms with Gasteiger partial charge >= 0.3 is 0 Å².